The van der Waals surface area contributed by atoms with E-state index in [1.54, 1.807) is 6.20 Å². The minimum atomic E-state index is 0.581. The second-order valence-corrected chi connectivity index (χ2v) is 2.86. The van der Waals surface area contributed by atoms with Gasteiger partial charge in [-0.25, -0.2) is 0 Å². The number of hydrogen-bond donors (Lipinski definition) is 1. The van der Waals surface area contributed by atoms with E-state index in [-0.39, 0.29) is 0 Å². The minimum Gasteiger partial charge on any atom is -0.393 e. The molecule has 1 aromatic rings. The van der Waals surface area contributed by atoms with Gasteiger partial charge in [-0.1, -0.05) is 12.2 Å². The van der Waals surface area contributed by atoms with Gasteiger partial charge < -0.3 is 5.73 Å². The topological polar surface area (TPSA) is 43.8 Å². The first-order valence-electron chi connectivity index (χ1n) is 3.55. The number of nitrogens with zero attached hydrogens (tertiary/aromatic N) is 2. The quantitative estimate of drug-likeness (QED) is 0.682. The van der Waals surface area contributed by atoms with E-state index in [9.17, 15) is 0 Å². The molecule has 4 heteroatoms. The Balaban J connectivity index is 2.19. The zero-order valence-electron chi connectivity index (χ0n) is 6.23. The molecule has 1 heterocycles. The molecule has 0 aliphatic rings. The van der Waals surface area contributed by atoms with Crippen molar-refractivity contribution >= 4 is 17.2 Å². The molecule has 2 N–H and O–H groups in total. The van der Waals surface area contributed by atoms with Crippen LogP contribution in [0.1, 0.15) is 12.8 Å². The summed E-state index contributed by atoms with van der Waals surface area (Å²) in [5.74, 6) is 0. The Labute approximate surface area is 71.2 Å². The Bertz CT molecular complexity index is 218. The molecule has 3 nitrogen and oxygen atoms in total. The average Bonchev–Trinajstić information content (AvgIpc) is 2.39. The van der Waals surface area contributed by atoms with Gasteiger partial charge in [0.1, 0.15) is 0 Å². The Hall–Kier alpha value is -0.900. The van der Waals surface area contributed by atoms with E-state index in [1.165, 1.54) is 0 Å². The lowest BCUT2D eigenvalue weighted by Crippen LogP contribution is -2.09. The van der Waals surface area contributed by atoms with Gasteiger partial charge in [-0.2, -0.15) is 5.10 Å². The monoisotopic (exact) mass is 169 g/mol. The highest BCUT2D eigenvalue weighted by Crippen LogP contribution is 1.93. The first kappa shape index (κ1) is 8.20. The van der Waals surface area contributed by atoms with E-state index in [0.717, 1.165) is 19.4 Å². The molecule has 0 saturated heterocycles. The predicted molar refractivity (Wildman–Crippen MR) is 48.2 cm³/mol. The number of nitrogens with two attached hydrogens (primary N) is 1. The van der Waals surface area contributed by atoms with E-state index >= 15 is 0 Å². The summed E-state index contributed by atoms with van der Waals surface area (Å²) < 4.78 is 1.87. The van der Waals surface area contributed by atoms with E-state index in [4.69, 9.17) is 18.0 Å². The van der Waals surface area contributed by atoms with Crippen LogP contribution < -0.4 is 5.73 Å². The van der Waals surface area contributed by atoms with E-state index < -0.39 is 0 Å². The third-order valence-electron chi connectivity index (χ3n) is 1.37. The smallest absolute Gasteiger partial charge is 0.0728 e. The highest BCUT2D eigenvalue weighted by molar-refractivity contribution is 7.80. The fourth-order valence-corrected chi connectivity index (χ4v) is 0.992. The van der Waals surface area contributed by atoms with Crippen molar-refractivity contribution in [1.82, 2.24) is 9.78 Å². The fraction of sp³-hybridized carbons (Fsp3) is 0.429. The zero-order valence-corrected chi connectivity index (χ0v) is 7.05. The number of thiocarbonyl (C=S) groups is 1. The van der Waals surface area contributed by atoms with Crippen LogP contribution in [0, 0.1) is 0 Å². The molecule has 0 radical (unpaired) electrons. The van der Waals surface area contributed by atoms with Gasteiger partial charge >= 0.3 is 0 Å². The van der Waals surface area contributed by atoms with Gasteiger partial charge in [0.05, 0.1) is 4.99 Å². The maximum Gasteiger partial charge on any atom is 0.0728 e. The molecular weight excluding hydrogens is 158 g/mol. The molecule has 0 saturated carbocycles. The van der Waals surface area contributed by atoms with Crippen LogP contribution in [0.3, 0.4) is 0 Å². The van der Waals surface area contributed by atoms with Gasteiger partial charge in [0.15, 0.2) is 0 Å². The first-order chi connectivity index (χ1) is 5.29. The van der Waals surface area contributed by atoms with Gasteiger partial charge in [0.2, 0.25) is 0 Å². The third-order valence-corrected chi connectivity index (χ3v) is 1.57. The summed E-state index contributed by atoms with van der Waals surface area (Å²) in [5, 5.41) is 4.05. The van der Waals surface area contributed by atoms with Crippen LogP contribution >= 0.6 is 12.2 Å². The Morgan fingerprint density at radius 1 is 1.64 bits per heavy atom. The predicted octanol–water partition coefficient (Wildman–Crippen LogP) is 0.949. The molecule has 60 valence electrons. The van der Waals surface area contributed by atoms with E-state index in [0.29, 0.717) is 4.99 Å². The van der Waals surface area contributed by atoms with Crippen molar-refractivity contribution in [3.8, 4) is 0 Å². The van der Waals surface area contributed by atoms with Crippen LogP contribution in [0.5, 0.6) is 0 Å². The van der Waals surface area contributed by atoms with Crippen molar-refractivity contribution in [2.24, 2.45) is 5.73 Å². The molecule has 0 bridgehead atoms. The number of aromatic nitrogens is 2. The van der Waals surface area contributed by atoms with E-state index in [2.05, 4.69) is 5.10 Å². The maximum absolute atomic E-state index is 5.33. The fourth-order valence-electron chi connectivity index (χ4n) is 0.848. The van der Waals surface area contributed by atoms with Crippen LogP contribution in [-0.4, -0.2) is 14.8 Å². The Morgan fingerprint density at radius 2 is 2.45 bits per heavy atom. The molecule has 0 atom stereocenters. The summed E-state index contributed by atoms with van der Waals surface area (Å²) in [6.45, 7) is 0.893. The molecule has 0 aromatic carbocycles. The standard InChI is InChI=1S/C7H11N3S/c8-7(11)3-1-5-10-6-2-4-9-10/h2,4,6H,1,3,5H2,(H2,8,11). The summed E-state index contributed by atoms with van der Waals surface area (Å²) in [6.07, 6.45) is 5.46. The largest absolute Gasteiger partial charge is 0.393 e. The van der Waals surface area contributed by atoms with Crippen molar-refractivity contribution in [3.63, 3.8) is 0 Å². The molecule has 1 rings (SSSR count). The normalized spacial score (nSPS) is 9.82. The molecule has 0 aliphatic heterocycles. The van der Waals surface area contributed by atoms with Gasteiger partial charge in [0, 0.05) is 18.9 Å². The highest BCUT2D eigenvalue weighted by Gasteiger charge is 1.91. The van der Waals surface area contributed by atoms with Crippen LogP contribution in [0.15, 0.2) is 18.5 Å². The molecule has 0 aliphatic carbocycles. The van der Waals surface area contributed by atoms with Gasteiger partial charge in [0.25, 0.3) is 0 Å². The molecule has 0 fully saturated rings. The number of hydrogen-bond acceptors (Lipinski definition) is 2. The molecule has 11 heavy (non-hydrogen) atoms. The first-order valence-corrected chi connectivity index (χ1v) is 3.95. The van der Waals surface area contributed by atoms with Crippen LogP contribution in [0.25, 0.3) is 0 Å². The summed E-state index contributed by atoms with van der Waals surface area (Å²) in [7, 11) is 0. The van der Waals surface area contributed by atoms with Crippen molar-refractivity contribution < 1.29 is 0 Å². The third kappa shape index (κ3) is 3.13. The van der Waals surface area contributed by atoms with Crippen molar-refractivity contribution in [2.45, 2.75) is 19.4 Å². The second-order valence-electron chi connectivity index (χ2n) is 2.34. The van der Waals surface area contributed by atoms with Gasteiger partial charge in [-0.15, -0.1) is 0 Å². The van der Waals surface area contributed by atoms with Crippen LogP contribution in [0.2, 0.25) is 0 Å². The van der Waals surface area contributed by atoms with Crippen molar-refractivity contribution in [2.75, 3.05) is 0 Å². The molecule has 0 spiro atoms. The molecule has 1 aromatic heterocycles. The summed E-state index contributed by atoms with van der Waals surface area (Å²) in [4.78, 5) is 0.581. The van der Waals surface area contributed by atoms with Crippen LogP contribution in [0.4, 0.5) is 0 Å². The second kappa shape index (κ2) is 4.08. The summed E-state index contributed by atoms with van der Waals surface area (Å²) in [6, 6.07) is 1.90. The van der Waals surface area contributed by atoms with Crippen LogP contribution in [-0.2, 0) is 6.54 Å². The van der Waals surface area contributed by atoms with Gasteiger partial charge in [-0.05, 0) is 18.9 Å². The van der Waals surface area contributed by atoms with Gasteiger partial charge in [-0.3, -0.25) is 4.68 Å². The summed E-state index contributed by atoms with van der Waals surface area (Å²) >= 11 is 4.74. The lowest BCUT2D eigenvalue weighted by Gasteiger charge is -1.98. The number of aryl methyl sites for hydroxylation is 1. The average molecular weight is 169 g/mol. The highest BCUT2D eigenvalue weighted by atomic mass is 32.1. The zero-order chi connectivity index (χ0) is 8.10. The minimum absolute atomic E-state index is 0.581. The van der Waals surface area contributed by atoms with Crippen molar-refractivity contribution in [1.29, 1.82) is 0 Å². The Morgan fingerprint density at radius 3 is 3.00 bits per heavy atom. The summed E-state index contributed by atoms with van der Waals surface area (Å²) in [5.41, 5.74) is 5.33. The molecule has 0 amide bonds. The maximum atomic E-state index is 5.33. The lowest BCUT2D eigenvalue weighted by molar-refractivity contribution is 0.590. The van der Waals surface area contributed by atoms with Crippen molar-refractivity contribution in [3.05, 3.63) is 18.5 Å². The van der Waals surface area contributed by atoms with E-state index in [1.807, 2.05) is 16.9 Å². The molecular formula is C7H11N3S. The SMILES string of the molecule is NC(=S)CCCn1cccn1. The lowest BCUT2D eigenvalue weighted by atomic mass is 10.3. The molecule has 0 unspecified atom stereocenters. The Kier molecular flexibility index (Phi) is 3.04. The number of rotatable bonds is 4.